The molecule has 0 bridgehead atoms. The number of carboxylic acid groups (broad SMARTS) is 1. The van der Waals surface area contributed by atoms with Crippen molar-refractivity contribution in [3.63, 3.8) is 0 Å². The number of carbonyl (C=O) groups is 1. The van der Waals surface area contributed by atoms with Gasteiger partial charge in [0.05, 0.1) is 5.92 Å². The number of aliphatic carboxylic acids is 1. The average molecular weight is 233 g/mol. The first-order valence-corrected chi connectivity index (χ1v) is 6.27. The maximum Gasteiger partial charge on any atom is 0.311 e. The Morgan fingerprint density at radius 3 is 2.47 bits per heavy atom. The molecule has 0 spiro atoms. The molecule has 2 rings (SSSR count). The van der Waals surface area contributed by atoms with Gasteiger partial charge in [0, 0.05) is 5.69 Å². The van der Waals surface area contributed by atoms with Gasteiger partial charge in [0.15, 0.2) is 0 Å². The highest BCUT2D eigenvalue weighted by Gasteiger charge is 2.31. The lowest BCUT2D eigenvalue weighted by molar-refractivity contribution is -0.140. The highest BCUT2D eigenvalue weighted by Crippen LogP contribution is 2.38. The van der Waals surface area contributed by atoms with Crippen molar-refractivity contribution in [3.8, 4) is 0 Å². The molecule has 17 heavy (non-hydrogen) atoms. The molecule has 1 aliphatic carbocycles. The van der Waals surface area contributed by atoms with Crippen molar-refractivity contribution < 1.29 is 9.90 Å². The van der Waals surface area contributed by atoms with E-state index in [9.17, 15) is 9.90 Å². The minimum atomic E-state index is -0.741. The molecule has 3 nitrogen and oxygen atoms in total. The monoisotopic (exact) mass is 233 g/mol. The van der Waals surface area contributed by atoms with Crippen LogP contribution in [0.25, 0.3) is 0 Å². The molecule has 1 atom stereocenters. The van der Waals surface area contributed by atoms with E-state index >= 15 is 0 Å². The van der Waals surface area contributed by atoms with Crippen LogP contribution < -0.4 is 5.73 Å². The van der Waals surface area contributed by atoms with E-state index in [1.165, 1.54) is 6.42 Å². The number of benzene rings is 1. The van der Waals surface area contributed by atoms with E-state index in [-0.39, 0.29) is 5.92 Å². The number of nitrogens with two attached hydrogens (primary N) is 1. The second kappa shape index (κ2) is 5.21. The predicted octanol–water partition coefficient (Wildman–Crippen LogP) is 3.02. The molecule has 0 amide bonds. The van der Waals surface area contributed by atoms with E-state index < -0.39 is 11.9 Å². The molecular weight excluding hydrogens is 214 g/mol. The van der Waals surface area contributed by atoms with E-state index in [1.807, 2.05) is 18.2 Å². The minimum Gasteiger partial charge on any atom is -0.481 e. The molecule has 3 heteroatoms. The molecule has 1 aromatic rings. The highest BCUT2D eigenvalue weighted by molar-refractivity contribution is 5.79. The molecule has 3 N–H and O–H groups in total. The Hall–Kier alpha value is -1.51. The van der Waals surface area contributed by atoms with Gasteiger partial charge in [0.1, 0.15) is 0 Å². The smallest absolute Gasteiger partial charge is 0.311 e. The van der Waals surface area contributed by atoms with Crippen molar-refractivity contribution in [2.75, 3.05) is 5.73 Å². The van der Waals surface area contributed by atoms with E-state index in [0.717, 1.165) is 31.2 Å². The van der Waals surface area contributed by atoms with Crippen LogP contribution >= 0.6 is 0 Å². The summed E-state index contributed by atoms with van der Waals surface area (Å²) in [4.78, 5) is 11.5. The third-order valence-corrected chi connectivity index (χ3v) is 3.72. The van der Waals surface area contributed by atoms with Crippen molar-refractivity contribution in [1.82, 2.24) is 0 Å². The maximum atomic E-state index is 11.5. The van der Waals surface area contributed by atoms with Gasteiger partial charge < -0.3 is 10.8 Å². The Balaban J connectivity index is 2.28. The van der Waals surface area contributed by atoms with Crippen molar-refractivity contribution in [2.24, 2.45) is 5.92 Å². The second-order valence-corrected chi connectivity index (χ2v) is 4.84. The molecule has 0 heterocycles. The summed E-state index contributed by atoms with van der Waals surface area (Å²) in [5, 5.41) is 9.45. The van der Waals surface area contributed by atoms with Crippen LogP contribution in [0.15, 0.2) is 24.3 Å². The second-order valence-electron chi connectivity index (χ2n) is 4.84. The molecule has 1 aliphatic rings. The van der Waals surface area contributed by atoms with E-state index in [0.29, 0.717) is 5.69 Å². The maximum absolute atomic E-state index is 11.5. The summed E-state index contributed by atoms with van der Waals surface area (Å²) in [6.07, 6.45) is 5.52. The summed E-state index contributed by atoms with van der Waals surface area (Å²) in [5.74, 6) is -0.933. The van der Waals surface area contributed by atoms with Gasteiger partial charge >= 0.3 is 5.97 Å². The minimum absolute atomic E-state index is 0.242. The van der Waals surface area contributed by atoms with Crippen molar-refractivity contribution in [3.05, 3.63) is 29.8 Å². The number of carboxylic acids is 1. The van der Waals surface area contributed by atoms with E-state index in [4.69, 9.17) is 5.73 Å². The Morgan fingerprint density at radius 1 is 1.24 bits per heavy atom. The van der Waals surface area contributed by atoms with Crippen LogP contribution in [0.2, 0.25) is 0 Å². The zero-order valence-electron chi connectivity index (χ0n) is 9.93. The van der Waals surface area contributed by atoms with Crippen LogP contribution in [-0.2, 0) is 4.79 Å². The summed E-state index contributed by atoms with van der Waals surface area (Å²) >= 11 is 0. The molecule has 1 unspecified atom stereocenters. The number of para-hydroxylation sites is 1. The molecule has 0 radical (unpaired) electrons. The van der Waals surface area contributed by atoms with Crippen LogP contribution in [0, 0.1) is 5.92 Å². The van der Waals surface area contributed by atoms with E-state index in [1.54, 1.807) is 6.07 Å². The Kier molecular flexibility index (Phi) is 3.67. The van der Waals surface area contributed by atoms with E-state index in [2.05, 4.69) is 0 Å². The molecule has 1 fully saturated rings. The fourth-order valence-electron chi connectivity index (χ4n) is 2.85. The number of anilines is 1. The number of rotatable bonds is 3. The molecule has 0 saturated heterocycles. The molecule has 1 aromatic carbocycles. The normalized spacial score (nSPS) is 18.8. The first-order chi connectivity index (χ1) is 8.20. The zero-order valence-corrected chi connectivity index (χ0v) is 9.93. The molecule has 0 aliphatic heterocycles. The fraction of sp³-hybridized carbons (Fsp3) is 0.500. The Morgan fingerprint density at radius 2 is 1.88 bits per heavy atom. The quantitative estimate of drug-likeness (QED) is 0.789. The predicted molar refractivity (Wildman–Crippen MR) is 67.8 cm³/mol. The zero-order chi connectivity index (χ0) is 12.3. The summed E-state index contributed by atoms with van der Waals surface area (Å²) in [6.45, 7) is 0. The molecule has 92 valence electrons. The van der Waals surface area contributed by atoms with Gasteiger partial charge in [-0.1, -0.05) is 37.5 Å². The van der Waals surface area contributed by atoms with Gasteiger partial charge in [-0.15, -0.1) is 0 Å². The largest absolute Gasteiger partial charge is 0.481 e. The molecule has 0 aromatic heterocycles. The van der Waals surface area contributed by atoms with Gasteiger partial charge in [-0.3, -0.25) is 4.79 Å². The number of nitrogen functional groups attached to an aromatic ring is 1. The lowest BCUT2D eigenvalue weighted by Crippen LogP contribution is -2.24. The number of hydrogen-bond acceptors (Lipinski definition) is 2. The first kappa shape index (κ1) is 12.0. The van der Waals surface area contributed by atoms with Crippen molar-refractivity contribution in [2.45, 2.75) is 38.0 Å². The van der Waals surface area contributed by atoms with Crippen LogP contribution in [0.1, 0.15) is 43.6 Å². The lowest BCUT2D eigenvalue weighted by Gasteiger charge is -2.28. The molecular formula is C14H19NO2. The SMILES string of the molecule is Nc1ccccc1C(C(=O)O)C1CCCCC1. The van der Waals surface area contributed by atoms with Crippen molar-refractivity contribution in [1.29, 1.82) is 0 Å². The standard InChI is InChI=1S/C14H19NO2/c15-12-9-5-4-8-11(12)13(14(16)17)10-6-2-1-3-7-10/h4-5,8-10,13H,1-3,6-7,15H2,(H,16,17). The van der Waals surface area contributed by atoms with Gasteiger partial charge in [0.25, 0.3) is 0 Å². The third kappa shape index (κ3) is 2.60. The van der Waals surface area contributed by atoms with Gasteiger partial charge in [0.2, 0.25) is 0 Å². The van der Waals surface area contributed by atoms with Gasteiger partial charge in [-0.05, 0) is 30.4 Å². The van der Waals surface area contributed by atoms with Crippen LogP contribution in [-0.4, -0.2) is 11.1 Å². The summed E-state index contributed by atoms with van der Waals surface area (Å²) in [5.41, 5.74) is 7.29. The Bertz CT molecular complexity index is 397. The van der Waals surface area contributed by atoms with Gasteiger partial charge in [-0.25, -0.2) is 0 Å². The fourth-order valence-corrected chi connectivity index (χ4v) is 2.85. The summed E-state index contributed by atoms with van der Waals surface area (Å²) < 4.78 is 0. The topological polar surface area (TPSA) is 63.3 Å². The van der Waals surface area contributed by atoms with Crippen LogP contribution in [0.4, 0.5) is 5.69 Å². The van der Waals surface area contributed by atoms with Gasteiger partial charge in [-0.2, -0.15) is 0 Å². The third-order valence-electron chi connectivity index (χ3n) is 3.72. The van der Waals surface area contributed by atoms with Crippen molar-refractivity contribution >= 4 is 11.7 Å². The first-order valence-electron chi connectivity index (χ1n) is 6.27. The van der Waals surface area contributed by atoms with Crippen LogP contribution in [0.5, 0.6) is 0 Å². The average Bonchev–Trinajstić information content (AvgIpc) is 2.33. The van der Waals surface area contributed by atoms with Crippen LogP contribution in [0.3, 0.4) is 0 Å². The summed E-state index contributed by atoms with van der Waals surface area (Å²) in [6, 6.07) is 7.35. The highest BCUT2D eigenvalue weighted by atomic mass is 16.4. The number of hydrogen-bond donors (Lipinski definition) is 2. The lowest BCUT2D eigenvalue weighted by atomic mass is 9.76. The summed E-state index contributed by atoms with van der Waals surface area (Å²) in [7, 11) is 0. The Labute approximate surface area is 102 Å². The molecule has 1 saturated carbocycles.